The largest absolute Gasteiger partial charge is 0.383 e. The maximum Gasteiger partial charge on any atom is 0.114 e. The number of thiophene rings is 1. The average molecular weight is 441 g/mol. The van der Waals surface area contributed by atoms with E-state index in [9.17, 15) is 5.11 Å². The molecule has 1 nitrogen and oxygen atoms in total. The molecule has 0 radical (unpaired) electrons. The van der Waals surface area contributed by atoms with E-state index in [-0.39, 0.29) is 0 Å². The van der Waals surface area contributed by atoms with E-state index in [1.165, 1.54) is 11.3 Å². The lowest BCUT2D eigenvalue weighted by Crippen LogP contribution is -1.99. The molecule has 0 saturated heterocycles. The first-order valence-corrected chi connectivity index (χ1v) is 8.07. The Morgan fingerprint density at radius 2 is 1.88 bits per heavy atom. The van der Waals surface area contributed by atoms with Gasteiger partial charge in [0.2, 0.25) is 0 Å². The lowest BCUT2D eigenvalue weighted by atomic mass is 10.0. The van der Waals surface area contributed by atoms with Gasteiger partial charge >= 0.3 is 0 Å². The van der Waals surface area contributed by atoms with Crippen LogP contribution in [-0.2, 0) is 0 Å². The van der Waals surface area contributed by atoms with E-state index in [0.717, 1.165) is 28.7 Å². The molecule has 0 spiro atoms. The molecule has 0 aliphatic rings. The molecular formula is C12H9Br3OS. The Morgan fingerprint density at radius 3 is 2.41 bits per heavy atom. The van der Waals surface area contributed by atoms with Crippen LogP contribution in [0.15, 0.2) is 37.0 Å². The minimum absolute atomic E-state index is 0.573. The first kappa shape index (κ1) is 13.7. The number of halogens is 3. The lowest BCUT2D eigenvalue weighted by Gasteiger charge is -2.12. The van der Waals surface area contributed by atoms with Crippen molar-refractivity contribution in [3.05, 3.63) is 53.0 Å². The smallest absolute Gasteiger partial charge is 0.114 e. The Hall–Kier alpha value is 0.320. The highest BCUT2D eigenvalue weighted by Crippen LogP contribution is 2.38. The summed E-state index contributed by atoms with van der Waals surface area (Å²) in [6, 6.07) is 7.85. The van der Waals surface area contributed by atoms with Crippen molar-refractivity contribution in [3.63, 3.8) is 0 Å². The summed E-state index contributed by atoms with van der Waals surface area (Å²) in [6.45, 7) is 2.00. The van der Waals surface area contributed by atoms with Crippen molar-refractivity contribution in [1.29, 1.82) is 0 Å². The Morgan fingerprint density at radius 1 is 1.18 bits per heavy atom. The number of benzene rings is 1. The van der Waals surface area contributed by atoms with Crippen molar-refractivity contribution in [1.82, 2.24) is 0 Å². The highest BCUT2D eigenvalue weighted by molar-refractivity contribution is 9.13. The molecule has 1 atom stereocenters. The standard InChI is InChI=1S/C12H9Br3OS/c1-6-4-7(13)2-3-8(6)11(16)10-5-9(14)12(15)17-10/h2-5,11,16H,1H3. The zero-order chi connectivity index (χ0) is 12.6. The lowest BCUT2D eigenvalue weighted by molar-refractivity contribution is 0.223. The van der Waals surface area contributed by atoms with Crippen LogP contribution in [0.4, 0.5) is 0 Å². The summed E-state index contributed by atoms with van der Waals surface area (Å²) < 4.78 is 3.01. The van der Waals surface area contributed by atoms with Crippen molar-refractivity contribution < 1.29 is 5.11 Å². The van der Waals surface area contributed by atoms with Gasteiger partial charge < -0.3 is 5.11 Å². The van der Waals surface area contributed by atoms with E-state index >= 15 is 0 Å². The molecule has 0 aliphatic heterocycles. The number of aliphatic hydroxyl groups is 1. The Balaban J connectivity index is 2.39. The van der Waals surface area contributed by atoms with Crippen molar-refractivity contribution in [3.8, 4) is 0 Å². The van der Waals surface area contributed by atoms with Crippen LogP contribution in [0.3, 0.4) is 0 Å². The van der Waals surface area contributed by atoms with Gasteiger partial charge in [-0.05, 0) is 68.1 Å². The number of rotatable bonds is 2. The summed E-state index contributed by atoms with van der Waals surface area (Å²) >= 11 is 11.8. The number of hydrogen-bond donors (Lipinski definition) is 1. The molecule has 0 saturated carbocycles. The minimum Gasteiger partial charge on any atom is -0.383 e. The maximum absolute atomic E-state index is 10.4. The van der Waals surface area contributed by atoms with Crippen molar-refractivity contribution in [2.45, 2.75) is 13.0 Å². The molecule has 90 valence electrons. The van der Waals surface area contributed by atoms with E-state index in [2.05, 4.69) is 47.8 Å². The van der Waals surface area contributed by atoms with E-state index in [4.69, 9.17) is 0 Å². The molecule has 0 fully saturated rings. The molecule has 1 unspecified atom stereocenters. The first-order chi connectivity index (χ1) is 7.99. The summed E-state index contributed by atoms with van der Waals surface area (Å²) in [5.74, 6) is 0. The normalized spacial score (nSPS) is 12.8. The fourth-order valence-corrected chi connectivity index (χ4v) is 4.17. The van der Waals surface area contributed by atoms with Gasteiger partial charge in [0.25, 0.3) is 0 Å². The molecule has 5 heteroatoms. The second-order valence-electron chi connectivity index (χ2n) is 3.67. The topological polar surface area (TPSA) is 20.2 Å². The van der Waals surface area contributed by atoms with Crippen LogP contribution in [-0.4, -0.2) is 5.11 Å². The molecular weight excluding hydrogens is 432 g/mol. The van der Waals surface area contributed by atoms with E-state index < -0.39 is 6.10 Å². The van der Waals surface area contributed by atoms with Gasteiger partial charge in [-0.15, -0.1) is 11.3 Å². The Bertz CT molecular complexity index is 531. The molecule has 0 bridgehead atoms. The predicted molar refractivity (Wildman–Crippen MR) is 82.7 cm³/mol. The van der Waals surface area contributed by atoms with Crippen LogP contribution in [0.5, 0.6) is 0 Å². The molecule has 1 aromatic carbocycles. The van der Waals surface area contributed by atoms with E-state index in [0.29, 0.717) is 0 Å². The molecule has 17 heavy (non-hydrogen) atoms. The highest BCUT2D eigenvalue weighted by atomic mass is 79.9. The maximum atomic E-state index is 10.4. The summed E-state index contributed by atoms with van der Waals surface area (Å²) in [7, 11) is 0. The van der Waals surface area contributed by atoms with Gasteiger partial charge in [-0.25, -0.2) is 0 Å². The molecule has 2 rings (SSSR count). The second-order valence-corrected chi connectivity index (χ2v) is 7.85. The van der Waals surface area contributed by atoms with Gasteiger partial charge in [0.1, 0.15) is 6.10 Å². The van der Waals surface area contributed by atoms with Crippen LogP contribution in [0, 0.1) is 6.92 Å². The van der Waals surface area contributed by atoms with Gasteiger partial charge in [-0.3, -0.25) is 0 Å². The number of aliphatic hydroxyl groups excluding tert-OH is 1. The van der Waals surface area contributed by atoms with Gasteiger partial charge in [0.05, 0.1) is 3.79 Å². The van der Waals surface area contributed by atoms with Gasteiger partial charge in [-0.1, -0.05) is 22.0 Å². The summed E-state index contributed by atoms with van der Waals surface area (Å²) in [5.41, 5.74) is 2.02. The molecule has 1 aromatic heterocycles. The highest BCUT2D eigenvalue weighted by Gasteiger charge is 2.16. The summed E-state index contributed by atoms with van der Waals surface area (Å²) in [5, 5.41) is 10.4. The Kier molecular flexibility index (Phi) is 4.47. The van der Waals surface area contributed by atoms with E-state index in [1.807, 2.05) is 31.2 Å². The second kappa shape index (κ2) is 5.53. The zero-order valence-corrected chi connectivity index (χ0v) is 14.5. The third-order valence-electron chi connectivity index (χ3n) is 2.46. The van der Waals surface area contributed by atoms with Crippen LogP contribution < -0.4 is 0 Å². The average Bonchev–Trinajstić information content (AvgIpc) is 2.58. The van der Waals surface area contributed by atoms with E-state index in [1.54, 1.807) is 0 Å². The van der Waals surface area contributed by atoms with Gasteiger partial charge in [-0.2, -0.15) is 0 Å². The van der Waals surface area contributed by atoms with Gasteiger partial charge in [0, 0.05) is 13.8 Å². The van der Waals surface area contributed by atoms with Gasteiger partial charge in [0.15, 0.2) is 0 Å². The molecule has 1 N–H and O–H groups in total. The summed E-state index contributed by atoms with van der Waals surface area (Å²) in [4.78, 5) is 0.925. The monoisotopic (exact) mass is 438 g/mol. The first-order valence-electron chi connectivity index (χ1n) is 4.88. The predicted octanol–water partition coefficient (Wildman–Crippen LogP) is 5.43. The van der Waals surface area contributed by atoms with Crippen molar-refractivity contribution in [2.24, 2.45) is 0 Å². The minimum atomic E-state index is -0.573. The fourth-order valence-electron chi connectivity index (χ4n) is 1.60. The van der Waals surface area contributed by atoms with Crippen LogP contribution in [0.25, 0.3) is 0 Å². The van der Waals surface area contributed by atoms with Crippen molar-refractivity contribution in [2.75, 3.05) is 0 Å². The summed E-state index contributed by atoms with van der Waals surface area (Å²) in [6.07, 6.45) is -0.573. The fraction of sp³-hybridized carbons (Fsp3) is 0.167. The van der Waals surface area contributed by atoms with Crippen LogP contribution in [0.1, 0.15) is 22.1 Å². The third kappa shape index (κ3) is 3.01. The Labute approximate surface area is 129 Å². The molecule has 1 heterocycles. The zero-order valence-electron chi connectivity index (χ0n) is 8.88. The molecule has 0 amide bonds. The third-order valence-corrected chi connectivity index (χ3v) is 6.26. The number of hydrogen-bond acceptors (Lipinski definition) is 2. The van der Waals surface area contributed by atoms with Crippen LogP contribution >= 0.6 is 59.1 Å². The SMILES string of the molecule is Cc1cc(Br)ccc1C(O)c1cc(Br)c(Br)s1. The van der Waals surface area contributed by atoms with Crippen LogP contribution in [0.2, 0.25) is 0 Å². The molecule has 2 aromatic rings. The molecule has 0 aliphatic carbocycles. The van der Waals surface area contributed by atoms with Crippen molar-refractivity contribution >= 4 is 59.1 Å². The number of aryl methyl sites for hydroxylation is 1. The quantitative estimate of drug-likeness (QED) is 0.660.